The normalized spacial score (nSPS) is 25.3. The third-order valence-corrected chi connectivity index (χ3v) is 22.4. The lowest BCUT2D eigenvalue weighted by molar-refractivity contribution is -0.379. The molecule has 0 aromatic carbocycles. The van der Waals surface area contributed by atoms with Gasteiger partial charge < -0.3 is 89.9 Å². The summed E-state index contributed by atoms with van der Waals surface area (Å²) in [7, 11) is 0. The molecular weight excluding hydrogens is 1420 g/mol. The predicted molar refractivity (Wildman–Crippen MR) is 452 cm³/mol. The molecule has 0 saturated carbocycles. The molecular formula is C93H167NO18. The molecule has 0 radical (unpaired) electrons. The maximum atomic E-state index is 13.5. The lowest BCUT2D eigenvalue weighted by Crippen LogP contribution is -2.66. The van der Waals surface area contributed by atoms with E-state index in [9.17, 15) is 61.0 Å². The number of aliphatic hydroxyl groups excluding tert-OH is 11. The van der Waals surface area contributed by atoms with E-state index in [1.165, 1.54) is 257 Å². The smallest absolute Gasteiger partial charge is 0.220 e. The fraction of sp³-hybridized carbons (Fsp3) is 0.839. The average Bonchev–Trinajstić information content (AvgIpc) is 0.781. The van der Waals surface area contributed by atoms with Crippen LogP contribution in [0.4, 0.5) is 0 Å². The number of ether oxygens (including phenoxy) is 6. The highest BCUT2D eigenvalue weighted by Gasteiger charge is 2.54. The van der Waals surface area contributed by atoms with Crippen LogP contribution in [0.5, 0.6) is 0 Å². The Morgan fingerprint density at radius 3 is 0.964 bits per heavy atom. The number of nitrogens with one attached hydrogen (secondary N) is 1. The lowest BCUT2D eigenvalue weighted by atomic mass is 9.96. The number of amides is 1. The van der Waals surface area contributed by atoms with Crippen LogP contribution in [0, 0.1) is 0 Å². The van der Waals surface area contributed by atoms with E-state index in [0.29, 0.717) is 6.42 Å². The molecule has 1 amide bonds. The minimum absolute atomic E-state index is 0.245. The molecule has 3 heterocycles. The SMILES string of the molecule is CC/C=C\C/C=C\C/C=C\C/C=C\C/C=C\C/C=C\CCCCCCCCCCCCCCCCCCCCCCCCC(=O)NC(COC1OC(CO)C(OC2OC(CO)C(OC3OC(CO)C(O)C(O)C3O)C(O)C2O)C(O)C1O)C(O)/C=C/CCCCCCCCCCCCCCCCCCCCCCCCCC. The number of allylic oxidation sites excluding steroid dienone is 13. The molecule has 3 aliphatic rings. The standard InChI is InChI=1S/C93H167NO18/c1-3-5-7-9-11-13-15-17-19-21-23-25-27-29-31-32-33-34-35-36-37-38-39-40-41-42-43-44-45-47-49-51-53-55-57-59-61-63-65-67-69-71-81(99)94-76(77(98)70-68-66-64-62-60-58-56-54-52-50-48-46-30-28-26-24-22-20-18-16-14-12-10-8-6-4-2)75-107-91-87(105)84(102)89(79(73-96)109-91)112-93-88(106)85(103)90(80(74-97)110-93)111-92-86(104)83(101)82(100)78(72-95)108-92/h5,7,11,13,17,19,23,25,29,31,33-34,68,70,76-80,82-93,95-98,100-106H,3-4,6,8-10,12,14-16,18,20-22,24,26-28,30,32,35-67,69,71-75H2,1-2H3,(H,94,99)/b7-5-,13-11-,19-17-,25-23-,31-29-,34-33-,70-68+. The Labute approximate surface area is 680 Å². The Bertz CT molecular complexity index is 2350. The first-order valence-electron chi connectivity index (χ1n) is 45.8. The Balaban J connectivity index is 1.30. The van der Waals surface area contributed by atoms with Crippen LogP contribution >= 0.6 is 0 Å². The van der Waals surface area contributed by atoms with E-state index >= 15 is 0 Å². The first-order chi connectivity index (χ1) is 54.8. The summed E-state index contributed by atoms with van der Waals surface area (Å²) in [5, 5.41) is 121. The van der Waals surface area contributed by atoms with E-state index in [4.69, 9.17) is 28.4 Å². The summed E-state index contributed by atoms with van der Waals surface area (Å²) in [6.07, 6.45) is 71.6. The van der Waals surface area contributed by atoms with E-state index in [1.807, 2.05) is 6.08 Å². The average molecular weight is 1590 g/mol. The van der Waals surface area contributed by atoms with E-state index < -0.39 is 124 Å². The van der Waals surface area contributed by atoms with Crippen molar-refractivity contribution in [1.29, 1.82) is 0 Å². The van der Waals surface area contributed by atoms with Gasteiger partial charge in [-0.05, 0) is 70.6 Å². The van der Waals surface area contributed by atoms with Gasteiger partial charge in [-0.3, -0.25) is 4.79 Å². The summed E-state index contributed by atoms with van der Waals surface area (Å²) in [6.45, 7) is 1.68. The number of carbonyl (C=O) groups is 1. The molecule has 12 N–H and O–H groups in total. The molecule has 17 unspecified atom stereocenters. The minimum atomic E-state index is -1.98. The van der Waals surface area contributed by atoms with Gasteiger partial charge in [-0.2, -0.15) is 0 Å². The molecule has 3 saturated heterocycles. The predicted octanol–water partition coefficient (Wildman–Crippen LogP) is 17.7. The van der Waals surface area contributed by atoms with Gasteiger partial charge in [-0.15, -0.1) is 0 Å². The summed E-state index contributed by atoms with van der Waals surface area (Å²) in [4.78, 5) is 13.5. The third-order valence-electron chi connectivity index (χ3n) is 22.4. The molecule has 0 aromatic rings. The van der Waals surface area contributed by atoms with E-state index in [-0.39, 0.29) is 18.9 Å². The summed E-state index contributed by atoms with van der Waals surface area (Å²) >= 11 is 0. The maximum Gasteiger partial charge on any atom is 0.220 e. The van der Waals surface area contributed by atoms with Crippen LogP contribution in [0.25, 0.3) is 0 Å². The fourth-order valence-corrected chi connectivity index (χ4v) is 15.2. The fourth-order valence-electron chi connectivity index (χ4n) is 15.2. The van der Waals surface area contributed by atoms with E-state index in [2.05, 4.69) is 92.1 Å². The van der Waals surface area contributed by atoms with Crippen molar-refractivity contribution in [3.63, 3.8) is 0 Å². The zero-order chi connectivity index (χ0) is 81.0. The molecule has 3 fully saturated rings. The number of unbranched alkanes of at least 4 members (excludes halogenated alkanes) is 46. The van der Waals surface area contributed by atoms with Crippen LogP contribution in [0.15, 0.2) is 85.1 Å². The van der Waals surface area contributed by atoms with Gasteiger partial charge in [0.2, 0.25) is 5.91 Å². The Morgan fingerprint density at radius 1 is 0.330 bits per heavy atom. The van der Waals surface area contributed by atoms with Gasteiger partial charge in [0, 0.05) is 6.42 Å². The summed E-state index contributed by atoms with van der Waals surface area (Å²) < 4.78 is 34.5. The van der Waals surface area contributed by atoms with Crippen LogP contribution in [0.3, 0.4) is 0 Å². The number of rotatable bonds is 74. The largest absolute Gasteiger partial charge is 0.394 e. The molecule has 3 aliphatic heterocycles. The number of hydrogen-bond donors (Lipinski definition) is 12. The third kappa shape index (κ3) is 50.0. The highest BCUT2D eigenvalue weighted by molar-refractivity contribution is 5.76. The van der Waals surface area contributed by atoms with Crippen molar-refractivity contribution < 1.29 is 89.4 Å². The maximum absolute atomic E-state index is 13.5. The number of hydrogen-bond acceptors (Lipinski definition) is 18. The van der Waals surface area contributed by atoms with E-state index in [1.54, 1.807) is 6.08 Å². The van der Waals surface area contributed by atoms with Crippen molar-refractivity contribution in [3.8, 4) is 0 Å². The molecule has 0 aliphatic carbocycles. The number of carbonyl (C=O) groups excluding carboxylic acids is 1. The monoisotopic (exact) mass is 1590 g/mol. The van der Waals surface area contributed by atoms with E-state index in [0.717, 1.165) is 83.5 Å². The second-order valence-corrected chi connectivity index (χ2v) is 32.4. The van der Waals surface area contributed by atoms with Crippen molar-refractivity contribution in [1.82, 2.24) is 5.32 Å². The molecule has 19 heteroatoms. The number of aliphatic hydroxyl groups is 11. The minimum Gasteiger partial charge on any atom is -0.394 e. The van der Waals surface area contributed by atoms with Gasteiger partial charge in [-0.25, -0.2) is 0 Å². The van der Waals surface area contributed by atoms with Gasteiger partial charge >= 0.3 is 0 Å². The van der Waals surface area contributed by atoms with Crippen LogP contribution in [-0.2, 0) is 33.2 Å². The first kappa shape index (κ1) is 103. The zero-order valence-corrected chi connectivity index (χ0v) is 70.4. The van der Waals surface area contributed by atoms with Crippen molar-refractivity contribution in [3.05, 3.63) is 85.1 Å². The molecule has 0 bridgehead atoms. The summed E-state index contributed by atoms with van der Waals surface area (Å²) in [5.74, 6) is -0.270. The van der Waals surface area contributed by atoms with Gasteiger partial charge in [0.05, 0.1) is 38.6 Å². The van der Waals surface area contributed by atoms with Crippen molar-refractivity contribution in [2.45, 2.75) is 471 Å². The molecule has 3 rings (SSSR count). The zero-order valence-electron chi connectivity index (χ0n) is 70.4. The highest BCUT2D eigenvalue weighted by atomic mass is 16.8. The van der Waals surface area contributed by atoms with Gasteiger partial charge in [-0.1, -0.05) is 375 Å². The topological polar surface area (TPSA) is 307 Å². The lowest BCUT2D eigenvalue weighted by Gasteiger charge is -2.48. The highest BCUT2D eigenvalue weighted by Crippen LogP contribution is 2.34. The summed E-state index contributed by atoms with van der Waals surface area (Å²) in [5.41, 5.74) is 0. The Hall–Kier alpha value is -3.03. The van der Waals surface area contributed by atoms with Gasteiger partial charge in [0.1, 0.15) is 73.2 Å². The Kier molecular flexibility index (Phi) is 66.3. The van der Waals surface area contributed by atoms with Crippen molar-refractivity contribution >= 4 is 5.91 Å². The first-order valence-corrected chi connectivity index (χ1v) is 45.8. The van der Waals surface area contributed by atoms with Gasteiger partial charge in [0.25, 0.3) is 0 Å². The molecule has 0 aromatic heterocycles. The molecule has 0 spiro atoms. The molecule has 19 nitrogen and oxygen atoms in total. The molecule has 17 atom stereocenters. The second-order valence-electron chi connectivity index (χ2n) is 32.4. The molecule has 652 valence electrons. The quantitative estimate of drug-likeness (QED) is 0.0199. The second kappa shape index (κ2) is 72.0. The van der Waals surface area contributed by atoms with Gasteiger partial charge in [0.15, 0.2) is 18.9 Å². The van der Waals surface area contributed by atoms with Crippen molar-refractivity contribution in [2.75, 3.05) is 26.4 Å². The van der Waals surface area contributed by atoms with Crippen LogP contribution < -0.4 is 5.32 Å². The summed E-state index contributed by atoms with van der Waals surface area (Å²) in [6, 6.07) is -0.976. The molecule has 112 heavy (non-hydrogen) atoms. The van der Waals surface area contributed by atoms with Crippen molar-refractivity contribution in [2.24, 2.45) is 0 Å². The van der Waals surface area contributed by atoms with Crippen LogP contribution in [0.2, 0.25) is 0 Å². The van der Waals surface area contributed by atoms with Crippen LogP contribution in [0.1, 0.15) is 367 Å². The Morgan fingerprint density at radius 2 is 0.616 bits per heavy atom. The van der Waals surface area contributed by atoms with Crippen LogP contribution in [-0.4, -0.2) is 193 Å².